The van der Waals surface area contributed by atoms with Crippen molar-refractivity contribution in [3.63, 3.8) is 0 Å². The fourth-order valence-electron chi connectivity index (χ4n) is 2.21. The van der Waals surface area contributed by atoms with Gasteiger partial charge in [-0.25, -0.2) is 0 Å². The lowest BCUT2D eigenvalue weighted by molar-refractivity contribution is -0.296. The number of hydrogen-bond donors (Lipinski definition) is 6. The number of ether oxygens (including phenoxy) is 1. The van der Waals surface area contributed by atoms with Gasteiger partial charge in [0.25, 0.3) is 5.91 Å². The molecule has 6 N–H and O–H groups in total. The van der Waals surface area contributed by atoms with E-state index >= 15 is 0 Å². The van der Waals surface area contributed by atoms with Crippen LogP contribution in [0, 0.1) is 0 Å². The summed E-state index contributed by atoms with van der Waals surface area (Å²) >= 11 is 0. The minimum atomic E-state index is -1.73. The fourth-order valence-corrected chi connectivity index (χ4v) is 2.21. The second-order valence-electron chi connectivity index (χ2n) is 5.11. The number of aliphatic hydroxyl groups is 5. The third-order valence-electron chi connectivity index (χ3n) is 3.51. The van der Waals surface area contributed by atoms with Crippen LogP contribution < -0.4 is 5.32 Å². The molecule has 1 fully saturated rings. The zero-order valence-electron chi connectivity index (χ0n) is 11.6. The summed E-state index contributed by atoms with van der Waals surface area (Å²) < 4.78 is 4.88. The average Bonchev–Trinajstić information content (AvgIpc) is 2.54. The molecular formula is C14H19NO7. The highest BCUT2D eigenvalue weighted by molar-refractivity contribution is 5.94. The molecule has 1 aliphatic rings. The summed E-state index contributed by atoms with van der Waals surface area (Å²) in [4.78, 5) is 11.8. The van der Waals surface area contributed by atoms with Gasteiger partial charge in [0.2, 0.25) is 0 Å². The molecule has 1 saturated heterocycles. The van der Waals surface area contributed by atoms with E-state index in [1.54, 1.807) is 30.3 Å². The van der Waals surface area contributed by atoms with Crippen molar-refractivity contribution < 1.29 is 35.1 Å². The number of aliphatic hydroxyl groups excluding tert-OH is 5. The van der Waals surface area contributed by atoms with Gasteiger partial charge in [0, 0.05) is 12.1 Å². The zero-order valence-corrected chi connectivity index (χ0v) is 11.6. The number of nitrogens with one attached hydrogen (secondary N) is 1. The molecule has 0 aromatic heterocycles. The smallest absolute Gasteiger partial charge is 0.251 e. The fraction of sp³-hybridized carbons (Fsp3) is 0.500. The second-order valence-corrected chi connectivity index (χ2v) is 5.11. The van der Waals surface area contributed by atoms with Gasteiger partial charge in [-0.05, 0) is 12.1 Å². The van der Waals surface area contributed by atoms with E-state index in [-0.39, 0.29) is 6.54 Å². The Bertz CT molecular complexity index is 497. The molecule has 0 spiro atoms. The quantitative estimate of drug-likeness (QED) is 0.363. The normalized spacial score (nSPS) is 33.2. The van der Waals surface area contributed by atoms with Crippen LogP contribution in [0.5, 0.6) is 0 Å². The molecule has 1 aliphatic heterocycles. The third-order valence-corrected chi connectivity index (χ3v) is 3.51. The maximum absolute atomic E-state index is 11.8. The van der Waals surface area contributed by atoms with Crippen LogP contribution in [0.1, 0.15) is 10.4 Å². The number of hydrogen-bond acceptors (Lipinski definition) is 7. The first-order chi connectivity index (χ1) is 10.4. The van der Waals surface area contributed by atoms with E-state index in [9.17, 15) is 30.3 Å². The average molecular weight is 313 g/mol. The Labute approximate surface area is 126 Å². The molecule has 1 aromatic rings. The molecule has 0 radical (unpaired) electrons. The lowest BCUT2D eigenvalue weighted by Gasteiger charge is -2.40. The van der Waals surface area contributed by atoms with Gasteiger partial charge in [-0.15, -0.1) is 0 Å². The van der Waals surface area contributed by atoms with Crippen LogP contribution >= 0.6 is 0 Å². The van der Waals surface area contributed by atoms with Crippen molar-refractivity contribution in [2.75, 3.05) is 6.54 Å². The van der Waals surface area contributed by atoms with Crippen LogP contribution in [0.4, 0.5) is 0 Å². The molecule has 0 saturated carbocycles. The van der Waals surface area contributed by atoms with Gasteiger partial charge >= 0.3 is 0 Å². The molecule has 1 aromatic carbocycles. The third kappa shape index (κ3) is 3.61. The molecule has 122 valence electrons. The standard InChI is InChI=1S/C14H19NO7/c16-8(6-15-13(20)7-4-2-1-3-5-7)12-10(18)9(17)11(19)14(21)22-12/h1-5,8-12,14,16-19,21H,6H2,(H,15,20)/t8-,9-,10-,11-,12+,14-/m1/s1. The van der Waals surface area contributed by atoms with Crippen molar-refractivity contribution in [3.05, 3.63) is 35.9 Å². The van der Waals surface area contributed by atoms with Crippen molar-refractivity contribution in [2.45, 2.75) is 36.8 Å². The lowest BCUT2D eigenvalue weighted by Crippen LogP contribution is -2.61. The molecule has 1 heterocycles. The van der Waals surface area contributed by atoms with E-state index in [1.165, 1.54) is 0 Å². The molecule has 8 nitrogen and oxygen atoms in total. The highest BCUT2D eigenvalue weighted by Crippen LogP contribution is 2.22. The molecule has 22 heavy (non-hydrogen) atoms. The van der Waals surface area contributed by atoms with Crippen LogP contribution in [-0.4, -0.2) is 74.8 Å². The number of benzene rings is 1. The van der Waals surface area contributed by atoms with Gasteiger partial charge in [0.1, 0.15) is 30.5 Å². The number of amides is 1. The molecule has 1 amide bonds. The molecule has 8 heteroatoms. The van der Waals surface area contributed by atoms with Crippen molar-refractivity contribution in [2.24, 2.45) is 0 Å². The molecule has 0 aliphatic carbocycles. The van der Waals surface area contributed by atoms with E-state index in [0.29, 0.717) is 5.56 Å². The Morgan fingerprint density at radius 2 is 1.73 bits per heavy atom. The van der Waals surface area contributed by atoms with Crippen LogP contribution in [0.25, 0.3) is 0 Å². The molecule has 2 rings (SSSR count). The van der Waals surface area contributed by atoms with Crippen molar-refractivity contribution in [3.8, 4) is 0 Å². The number of rotatable bonds is 4. The lowest BCUT2D eigenvalue weighted by atomic mass is 9.95. The minimum absolute atomic E-state index is 0.259. The van der Waals surface area contributed by atoms with E-state index < -0.39 is 42.7 Å². The summed E-state index contributed by atoms with van der Waals surface area (Å²) in [5, 5.41) is 50.5. The number of carbonyl (C=O) groups is 1. The molecule has 6 atom stereocenters. The van der Waals surface area contributed by atoms with Crippen LogP contribution in [0.15, 0.2) is 30.3 Å². The summed E-state index contributed by atoms with van der Waals surface area (Å²) in [5.74, 6) is -0.425. The summed E-state index contributed by atoms with van der Waals surface area (Å²) in [6.07, 6.45) is -9.38. The summed E-state index contributed by atoms with van der Waals surface area (Å²) in [6.45, 7) is -0.259. The first kappa shape index (κ1) is 16.8. The van der Waals surface area contributed by atoms with Gasteiger partial charge in [-0.3, -0.25) is 4.79 Å². The minimum Gasteiger partial charge on any atom is -0.388 e. The van der Waals surface area contributed by atoms with Gasteiger partial charge < -0.3 is 35.6 Å². The second kappa shape index (κ2) is 7.14. The topological polar surface area (TPSA) is 139 Å². The first-order valence-electron chi connectivity index (χ1n) is 6.81. The van der Waals surface area contributed by atoms with Gasteiger partial charge in [0.05, 0.1) is 0 Å². The highest BCUT2D eigenvalue weighted by atomic mass is 16.6. The van der Waals surface area contributed by atoms with Gasteiger partial charge in [-0.2, -0.15) is 0 Å². The zero-order chi connectivity index (χ0) is 16.3. The van der Waals surface area contributed by atoms with E-state index in [2.05, 4.69) is 5.32 Å². The van der Waals surface area contributed by atoms with Crippen molar-refractivity contribution >= 4 is 5.91 Å². The number of carbonyl (C=O) groups excluding carboxylic acids is 1. The van der Waals surface area contributed by atoms with Crippen LogP contribution in [-0.2, 0) is 4.74 Å². The summed E-state index contributed by atoms with van der Waals surface area (Å²) in [5.41, 5.74) is 0.398. The van der Waals surface area contributed by atoms with E-state index in [4.69, 9.17) is 4.74 Å². The van der Waals surface area contributed by atoms with Gasteiger partial charge in [-0.1, -0.05) is 18.2 Å². The molecule has 0 unspecified atom stereocenters. The predicted octanol–water partition coefficient (Wildman–Crippen LogP) is -2.42. The summed E-state index contributed by atoms with van der Waals surface area (Å²) in [7, 11) is 0. The summed E-state index contributed by atoms with van der Waals surface area (Å²) in [6, 6.07) is 8.32. The first-order valence-corrected chi connectivity index (χ1v) is 6.81. The SMILES string of the molecule is O=C(NC[C@@H](O)[C@@H]1O[C@@H](O)[C@H](O)[C@H](O)[C@H]1O)c1ccccc1. The Morgan fingerprint density at radius 3 is 2.36 bits per heavy atom. The molecular weight excluding hydrogens is 294 g/mol. The van der Waals surface area contributed by atoms with Crippen LogP contribution in [0.3, 0.4) is 0 Å². The van der Waals surface area contributed by atoms with E-state index in [1.807, 2.05) is 0 Å². The molecule has 0 bridgehead atoms. The van der Waals surface area contributed by atoms with Crippen molar-refractivity contribution in [1.29, 1.82) is 0 Å². The predicted molar refractivity (Wildman–Crippen MR) is 73.7 cm³/mol. The maximum atomic E-state index is 11.8. The Hall–Kier alpha value is -1.55. The van der Waals surface area contributed by atoms with Crippen molar-refractivity contribution in [1.82, 2.24) is 5.32 Å². The van der Waals surface area contributed by atoms with Gasteiger partial charge in [0.15, 0.2) is 6.29 Å². The highest BCUT2D eigenvalue weighted by Gasteiger charge is 2.45. The maximum Gasteiger partial charge on any atom is 0.251 e. The van der Waals surface area contributed by atoms with E-state index in [0.717, 1.165) is 0 Å². The Morgan fingerprint density at radius 1 is 1.09 bits per heavy atom. The Kier molecular flexibility index (Phi) is 5.46. The van der Waals surface area contributed by atoms with Crippen LogP contribution in [0.2, 0.25) is 0 Å². The largest absolute Gasteiger partial charge is 0.388 e. The Balaban J connectivity index is 1.92. The monoisotopic (exact) mass is 313 g/mol.